The molecule has 0 amide bonds. The van der Waals surface area contributed by atoms with Crippen LogP contribution in [0.2, 0.25) is 0 Å². The third-order valence-corrected chi connectivity index (χ3v) is 6.33. The molecule has 0 aromatic rings. The summed E-state index contributed by atoms with van der Waals surface area (Å²) in [6, 6.07) is 0.675. The van der Waals surface area contributed by atoms with Crippen molar-refractivity contribution >= 4 is 0 Å². The Hall–Kier alpha value is -0.320. The van der Waals surface area contributed by atoms with Crippen LogP contribution in [0.5, 0.6) is 0 Å². The van der Waals surface area contributed by atoms with Crippen LogP contribution >= 0.6 is 0 Å². The molecule has 0 rings (SSSR count). The summed E-state index contributed by atoms with van der Waals surface area (Å²) in [7, 11) is 0. The van der Waals surface area contributed by atoms with Crippen LogP contribution in [-0.2, 0) is 19.4 Å². The Morgan fingerprint density at radius 3 is 2.17 bits per heavy atom. The van der Waals surface area contributed by atoms with Gasteiger partial charge in [0.15, 0.2) is 0 Å². The van der Waals surface area contributed by atoms with Crippen molar-refractivity contribution in [3.05, 3.63) is 6.04 Å². The minimum absolute atomic E-state index is 0.0687. The van der Waals surface area contributed by atoms with Gasteiger partial charge in [0, 0.05) is 13.1 Å². The highest BCUT2D eigenvalue weighted by Gasteiger charge is 2.27. The summed E-state index contributed by atoms with van der Waals surface area (Å²) >= 11 is 0. The summed E-state index contributed by atoms with van der Waals surface area (Å²) in [6.07, 6.45) is 6.38. The predicted octanol–water partition coefficient (Wildman–Crippen LogP) is 5.86. The van der Waals surface area contributed by atoms with Crippen LogP contribution in [0.15, 0.2) is 0 Å². The molecule has 4 unspecified atom stereocenters. The van der Waals surface area contributed by atoms with E-state index in [-0.39, 0.29) is 23.9 Å². The van der Waals surface area contributed by atoms with Gasteiger partial charge in [-0.15, -0.1) is 0 Å². The Kier molecular flexibility index (Phi) is 20.4. The molecule has 8 nitrogen and oxygen atoms in total. The zero-order valence-electron chi connectivity index (χ0n) is 25.5. The van der Waals surface area contributed by atoms with Crippen molar-refractivity contribution in [2.45, 2.75) is 139 Å². The van der Waals surface area contributed by atoms with E-state index in [1.807, 2.05) is 0 Å². The molecular formula is C28H61N4O4. The Morgan fingerprint density at radius 2 is 1.58 bits per heavy atom. The molecule has 1 radical (unpaired) electrons. The van der Waals surface area contributed by atoms with Gasteiger partial charge in [-0.1, -0.05) is 61.3 Å². The summed E-state index contributed by atoms with van der Waals surface area (Å²) in [4.78, 5) is 23.8. The van der Waals surface area contributed by atoms with Crippen LogP contribution in [0.4, 0.5) is 0 Å². The van der Waals surface area contributed by atoms with Crippen LogP contribution < -0.4 is 21.9 Å². The Labute approximate surface area is 223 Å². The molecule has 8 heteroatoms. The zero-order chi connectivity index (χ0) is 27.6. The van der Waals surface area contributed by atoms with Crippen LogP contribution in [0.1, 0.15) is 115 Å². The number of hydrogen-bond acceptors (Lipinski definition) is 8. The fraction of sp³-hybridized carbons (Fsp3) is 0.964. The third kappa shape index (κ3) is 18.9. The number of hydroxylamine groups is 4. The molecule has 0 heterocycles. The predicted molar refractivity (Wildman–Crippen MR) is 149 cm³/mol. The molecule has 36 heavy (non-hydrogen) atoms. The van der Waals surface area contributed by atoms with E-state index >= 15 is 0 Å². The molecule has 0 aliphatic heterocycles. The lowest BCUT2D eigenvalue weighted by Crippen LogP contribution is -2.53. The van der Waals surface area contributed by atoms with E-state index < -0.39 is 0 Å². The van der Waals surface area contributed by atoms with Gasteiger partial charge in [0.1, 0.15) is 6.04 Å². The first-order chi connectivity index (χ1) is 16.9. The Bertz CT molecular complexity index is 508. The maximum absolute atomic E-state index is 6.07. The van der Waals surface area contributed by atoms with Gasteiger partial charge >= 0.3 is 0 Å². The summed E-state index contributed by atoms with van der Waals surface area (Å²) < 4.78 is 0. The first-order valence-electron chi connectivity index (χ1n) is 14.4. The van der Waals surface area contributed by atoms with E-state index in [1.54, 1.807) is 0 Å². The molecule has 0 aromatic heterocycles. The van der Waals surface area contributed by atoms with E-state index in [1.165, 1.54) is 0 Å². The van der Waals surface area contributed by atoms with Gasteiger partial charge < -0.3 is 4.84 Å². The highest BCUT2D eigenvalue weighted by molar-refractivity contribution is 4.98. The second kappa shape index (κ2) is 20.6. The van der Waals surface area contributed by atoms with Gasteiger partial charge in [0.25, 0.3) is 0 Å². The van der Waals surface area contributed by atoms with E-state index in [2.05, 4.69) is 98.1 Å². The molecule has 217 valence electrons. The summed E-state index contributed by atoms with van der Waals surface area (Å²) in [5, 5.41) is 0. The first kappa shape index (κ1) is 35.7. The van der Waals surface area contributed by atoms with E-state index in [9.17, 15) is 0 Å². The fourth-order valence-corrected chi connectivity index (χ4v) is 3.76. The van der Waals surface area contributed by atoms with Crippen LogP contribution in [0.25, 0.3) is 0 Å². The summed E-state index contributed by atoms with van der Waals surface area (Å²) in [6.45, 7) is 25.4. The smallest absolute Gasteiger partial charge is 0.100 e. The molecule has 0 spiro atoms. The van der Waals surface area contributed by atoms with Crippen molar-refractivity contribution in [3.63, 3.8) is 0 Å². The van der Waals surface area contributed by atoms with Gasteiger partial charge in [-0.25, -0.2) is 5.48 Å². The van der Waals surface area contributed by atoms with E-state index in [4.69, 9.17) is 19.4 Å². The molecule has 0 fully saturated rings. The maximum Gasteiger partial charge on any atom is 0.100 e. The summed E-state index contributed by atoms with van der Waals surface area (Å²) in [5.74, 6) is 1.67. The second-order valence-electron chi connectivity index (χ2n) is 11.7. The second-order valence-corrected chi connectivity index (χ2v) is 11.7. The van der Waals surface area contributed by atoms with Crippen molar-refractivity contribution in [2.75, 3.05) is 19.7 Å². The minimum atomic E-state index is -0.254. The number of rotatable bonds is 24. The average Bonchev–Trinajstić information content (AvgIpc) is 2.78. The summed E-state index contributed by atoms with van der Waals surface area (Å²) in [5.41, 5.74) is 12.5. The minimum Gasteiger partial charge on any atom is -0.301 e. The van der Waals surface area contributed by atoms with Gasteiger partial charge in [-0.05, 0) is 71.1 Å². The van der Waals surface area contributed by atoms with Gasteiger partial charge in [0.05, 0.1) is 30.5 Å². The molecule has 0 aliphatic rings. The molecular weight excluding hydrogens is 456 g/mol. The quantitative estimate of drug-likeness (QED) is 0.0936. The first-order valence-corrected chi connectivity index (χ1v) is 14.4. The van der Waals surface area contributed by atoms with E-state index in [0.29, 0.717) is 37.5 Å². The molecule has 0 aliphatic carbocycles. The Balaban J connectivity index is 5.25. The average molecular weight is 518 g/mol. The molecule has 0 aromatic carbocycles. The van der Waals surface area contributed by atoms with Crippen molar-refractivity contribution in [3.8, 4) is 0 Å². The van der Waals surface area contributed by atoms with Gasteiger partial charge in [-0.3, -0.25) is 14.5 Å². The van der Waals surface area contributed by atoms with Crippen molar-refractivity contribution in [2.24, 2.45) is 17.8 Å². The van der Waals surface area contributed by atoms with Crippen molar-refractivity contribution in [1.29, 1.82) is 0 Å². The highest BCUT2D eigenvalue weighted by atomic mass is 16.7. The SMILES string of the molecule is CCCC(C)(C)ONC[C](NOCCCC(C)C)C(CNOC(C)CC(C)C)NOC(C)C(C)CC. The normalized spacial score (nSPS) is 16.2. The molecule has 0 bridgehead atoms. The fourth-order valence-electron chi connectivity index (χ4n) is 3.76. The zero-order valence-corrected chi connectivity index (χ0v) is 25.5. The lowest BCUT2D eigenvalue weighted by Gasteiger charge is -2.31. The van der Waals surface area contributed by atoms with Crippen LogP contribution in [-0.4, -0.2) is 43.5 Å². The number of nitrogens with one attached hydrogen (secondary N) is 4. The standard InChI is InChI=1S/C28H61N4O4/c1-12-16-28(10,11)36-30-20-26(31-33-17-14-15-21(3)4)27(32-35-25(9)23(7)13-2)19-29-34-24(8)18-22(5)6/h21-25,27,29-32H,12-20H2,1-11H3. The van der Waals surface area contributed by atoms with Gasteiger partial charge in [-0.2, -0.15) is 16.4 Å². The lowest BCUT2D eigenvalue weighted by atomic mass is 10.0. The van der Waals surface area contributed by atoms with Gasteiger partial charge in [0.2, 0.25) is 0 Å². The highest BCUT2D eigenvalue weighted by Crippen LogP contribution is 2.16. The van der Waals surface area contributed by atoms with Crippen molar-refractivity contribution < 1.29 is 19.4 Å². The largest absolute Gasteiger partial charge is 0.301 e. The van der Waals surface area contributed by atoms with Crippen molar-refractivity contribution in [1.82, 2.24) is 21.9 Å². The topological polar surface area (TPSA) is 85.0 Å². The molecule has 0 saturated carbocycles. The van der Waals surface area contributed by atoms with Crippen LogP contribution in [0.3, 0.4) is 0 Å². The molecule has 0 saturated heterocycles. The monoisotopic (exact) mass is 517 g/mol. The molecule has 4 N–H and O–H groups in total. The third-order valence-electron chi connectivity index (χ3n) is 6.33. The van der Waals surface area contributed by atoms with Crippen LogP contribution in [0, 0.1) is 23.8 Å². The number of hydrogen-bond donors (Lipinski definition) is 4. The molecule has 4 atom stereocenters. The van der Waals surface area contributed by atoms with E-state index in [0.717, 1.165) is 44.6 Å². The Morgan fingerprint density at radius 1 is 0.889 bits per heavy atom. The maximum atomic E-state index is 6.07. The lowest BCUT2D eigenvalue weighted by molar-refractivity contribution is -0.102.